The van der Waals surface area contributed by atoms with Crippen LogP contribution in [0.4, 0.5) is 10.1 Å². The zero-order chi connectivity index (χ0) is 13.9. The number of ether oxygens (including phenoxy) is 1. The molecule has 0 amide bonds. The number of nitrogens with two attached hydrogens (primary N) is 1. The fourth-order valence-electron chi connectivity index (χ4n) is 2.06. The molecule has 0 fully saturated rings. The predicted molar refractivity (Wildman–Crippen MR) is 76.9 cm³/mol. The molecular weight excluding hydrogens is 255 g/mol. The summed E-state index contributed by atoms with van der Waals surface area (Å²) in [7, 11) is 0. The molecule has 1 aromatic heterocycles. The van der Waals surface area contributed by atoms with Crippen molar-refractivity contribution in [2.75, 3.05) is 5.73 Å². The van der Waals surface area contributed by atoms with Crippen LogP contribution in [0.2, 0.25) is 0 Å². The summed E-state index contributed by atoms with van der Waals surface area (Å²) in [5.74, 6) is 0.318. The fraction of sp³-hybridized carbons (Fsp3) is 0.0625. The maximum atomic E-state index is 13.6. The van der Waals surface area contributed by atoms with Crippen molar-refractivity contribution in [2.24, 2.45) is 0 Å². The number of hydrogen-bond donors (Lipinski definition) is 1. The van der Waals surface area contributed by atoms with E-state index in [-0.39, 0.29) is 12.4 Å². The molecule has 1 heterocycles. The van der Waals surface area contributed by atoms with Crippen LogP contribution in [0.3, 0.4) is 0 Å². The first-order chi connectivity index (χ1) is 9.75. The lowest BCUT2D eigenvalue weighted by Gasteiger charge is -2.10. The second-order valence-electron chi connectivity index (χ2n) is 4.43. The Morgan fingerprint density at radius 1 is 1.05 bits per heavy atom. The van der Waals surface area contributed by atoms with Crippen LogP contribution in [0.1, 0.15) is 5.56 Å². The van der Waals surface area contributed by atoms with Crippen LogP contribution in [0.15, 0.2) is 54.7 Å². The van der Waals surface area contributed by atoms with E-state index >= 15 is 0 Å². The molecule has 100 valence electrons. The molecule has 0 bridgehead atoms. The summed E-state index contributed by atoms with van der Waals surface area (Å²) in [4.78, 5) is 4.28. The Labute approximate surface area is 115 Å². The van der Waals surface area contributed by atoms with E-state index in [0.717, 1.165) is 5.39 Å². The first-order valence-corrected chi connectivity index (χ1v) is 6.25. The van der Waals surface area contributed by atoms with Crippen molar-refractivity contribution in [1.29, 1.82) is 0 Å². The Kier molecular flexibility index (Phi) is 3.21. The van der Waals surface area contributed by atoms with Crippen LogP contribution in [0.25, 0.3) is 10.9 Å². The van der Waals surface area contributed by atoms with Gasteiger partial charge in [0.2, 0.25) is 0 Å². The fourth-order valence-corrected chi connectivity index (χ4v) is 2.06. The van der Waals surface area contributed by atoms with Crippen molar-refractivity contribution in [1.82, 2.24) is 4.98 Å². The monoisotopic (exact) mass is 268 g/mol. The van der Waals surface area contributed by atoms with Crippen molar-refractivity contribution in [3.8, 4) is 5.75 Å². The van der Waals surface area contributed by atoms with Crippen LogP contribution in [-0.2, 0) is 6.61 Å². The third kappa shape index (κ3) is 2.28. The van der Waals surface area contributed by atoms with E-state index in [1.165, 1.54) is 6.07 Å². The van der Waals surface area contributed by atoms with Gasteiger partial charge in [0, 0.05) is 22.8 Å². The molecule has 2 aromatic carbocycles. The molecule has 0 aliphatic rings. The quantitative estimate of drug-likeness (QED) is 0.739. The smallest absolute Gasteiger partial charge is 0.146 e. The first-order valence-electron chi connectivity index (χ1n) is 6.25. The first kappa shape index (κ1) is 12.4. The van der Waals surface area contributed by atoms with Gasteiger partial charge in [-0.05, 0) is 30.3 Å². The lowest BCUT2D eigenvalue weighted by molar-refractivity contribution is 0.303. The van der Waals surface area contributed by atoms with E-state index in [0.29, 0.717) is 22.5 Å². The molecule has 2 N–H and O–H groups in total. The number of nitrogen functional groups attached to an aromatic ring is 1. The van der Waals surface area contributed by atoms with Crippen molar-refractivity contribution in [3.63, 3.8) is 0 Å². The van der Waals surface area contributed by atoms with E-state index < -0.39 is 0 Å². The number of anilines is 1. The highest BCUT2D eigenvalue weighted by Crippen LogP contribution is 2.28. The number of benzene rings is 2. The zero-order valence-electron chi connectivity index (χ0n) is 10.7. The Morgan fingerprint density at radius 2 is 1.90 bits per heavy atom. The van der Waals surface area contributed by atoms with Crippen molar-refractivity contribution >= 4 is 16.6 Å². The van der Waals surface area contributed by atoms with Gasteiger partial charge in [-0.25, -0.2) is 4.39 Å². The van der Waals surface area contributed by atoms with Crippen LogP contribution < -0.4 is 10.5 Å². The van der Waals surface area contributed by atoms with Gasteiger partial charge in [0.25, 0.3) is 0 Å². The number of pyridine rings is 1. The summed E-state index contributed by atoms with van der Waals surface area (Å²) in [6.45, 7) is 0.155. The average molecular weight is 268 g/mol. The van der Waals surface area contributed by atoms with Gasteiger partial charge in [-0.2, -0.15) is 0 Å². The number of halogens is 1. The molecule has 0 saturated carbocycles. The van der Waals surface area contributed by atoms with Crippen molar-refractivity contribution in [2.45, 2.75) is 6.61 Å². The number of aromatic nitrogens is 1. The molecule has 0 saturated heterocycles. The predicted octanol–water partition coefficient (Wildman–Crippen LogP) is 3.54. The maximum absolute atomic E-state index is 13.6. The van der Waals surface area contributed by atoms with Gasteiger partial charge in [0.05, 0.1) is 0 Å². The zero-order valence-corrected chi connectivity index (χ0v) is 10.7. The number of nitrogens with zero attached hydrogens (tertiary/aromatic N) is 1. The topological polar surface area (TPSA) is 48.1 Å². The third-order valence-electron chi connectivity index (χ3n) is 3.11. The summed E-state index contributed by atoms with van der Waals surface area (Å²) in [6, 6.07) is 13.8. The molecule has 0 atom stereocenters. The molecule has 0 aliphatic heterocycles. The molecule has 3 nitrogen and oxygen atoms in total. The van der Waals surface area contributed by atoms with Gasteiger partial charge in [0.1, 0.15) is 23.7 Å². The second kappa shape index (κ2) is 5.17. The van der Waals surface area contributed by atoms with E-state index in [2.05, 4.69) is 4.98 Å². The summed E-state index contributed by atoms with van der Waals surface area (Å²) >= 11 is 0. The largest absolute Gasteiger partial charge is 0.487 e. The van der Waals surface area contributed by atoms with Gasteiger partial charge in [-0.1, -0.05) is 18.2 Å². The minimum Gasteiger partial charge on any atom is -0.487 e. The maximum Gasteiger partial charge on any atom is 0.146 e. The van der Waals surface area contributed by atoms with Gasteiger partial charge in [-0.3, -0.25) is 4.98 Å². The SMILES string of the molecule is Nc1ccc(OCc2ccccc2F)c2ncccc12. The van der Waals surface area contributed by atoms with Crippen LogP contribution in [-0.4, -0.2) is 4.98 Å². The van der Waals surface area contributed by atoms with Crippen LogP contribution in [0, 0.1) is 5.82 Å². The molecule has 20 heavy (non-hydrogen) atoms. The molecular formula is C16H13FN2O. The molecule has 0 spiro atoms. The molecule has 4 heteroatoms. The van der Waals surface area contributed by atoms with Gasteiger partial charge >= 0.3 is 0 Å². The van der Waals surface area contributed by atoms with E-state index in [1.807, 2.05) is 12.1 Å². The Bertz CT molecular complexity index is 758. The highest BCUT2D eigenvalue weighted by Gasteiger charge is 2.07. The standard InChI is InChI=1S/C16H13FN2O/c17-13-6-2-1-4-11(13)10-20-15-8-7-14(18)12-5-3-9-19-16(12)15/h1-9H,10,18H2. The number of hydrogen-bond acceptors (Lipinski definition) is 3. The summed E-state index contributed by atoms with van der Waals surface area (Å²) < 4.78 is 19.2. The van der Waals surface area contributed by atoms with Gasteiger partial charge < -0.3 is 10.5 Å². The normalized spacial score (nSPS) is 10.7. The van der Waals surface area contributed by atoms with E-state index in [1.54, 1.807) is 36.5 Å². The second-order valence-corrected chi connectivity index (χ2v) is 4.43. The molecule has 0 radical (unpaired) electrons. The minimum absolute atomic E-state index is 0.155. The Hall–Kier alpha value is -2.62. The van der Waals surface area contributed by atoms with Crippen LogP contribution >= 0.6 is 0 Å². The van der Waals surface area contributed by atoms with Crippen LogP contribution in [0.5, 0.6) is 5.75 Å². The lowest BCUT2D eigenvalue weighted by Crippen LogP contribution is -2.00. The molecule has 3 aromatic rings. The van der Waals surface area contributed by atoms with Crippen molar-refractivity contribution in [3.05, 3.63) is 66.1 Å². The summed E-state index contributed by atoms with van der Waals surface area (Å²) in [6.07, 6.45) is 1.68. The Morgan fingerprint density at radius 3 is 2.75 bits per heavy atom. The van der Waals surface area contributed by atoms with E-state index in [9.17, 15) is 4.39 Å². The molecule has 3 rings (SSSR count). The molecule has 0 unspecified atom stereocenters. The third-order valence-corrected chi connectivity index (χ3v) is 3.11. The highest BCUT2D eigenvalue weighted by atomic mass is 19.1. The number of rotatable bonds is 3. The highest BCUT2D eigenvalue weighted by molar-refractivity contribution is 5.94. The average Bonchev–Trinajstić information content (AvgIpc) is 2.48. The number of fused-ring (bicyclic) bond motifs is 1. The lowest BCUT2D eigenvalue weighted by atomic mass is 10.1. The van der Waals surface area contributed by atoms with E-state index in [4.69, 9.17) is 10.5 Å². The molecule has 0 aliphatic carbocycles. The van der Waals surface area contributed by atoms with Gasteiger partial charge in [-0.15, -0.1) is 0 Å². The summed E-state index contributed by atoms with van der Waals surface area (Å²) in [5, 5.41) is 0.832. The van der Waals surface area contributed by atoms with Crippen molar-refractivity contribution < 1.29 is 9.13 Å². The summed E-state index contributed by atoms with van der Waals surface area (Å²) in [5.41, 5.74) is 7.74. The van der Waals surface area contributed by atoms with Gasteiger partial charge in [0.15, 0.2) is 0 Å². The Balaban J connectivity index is 1.92. The minimum atomic E-state index is -0.278.